The summed E-state index contributed by atoms with van der Waals surface area (Å²) >= 11 is 0. The number of morpholine rings is 1. The Balaban J connectivity index is 1.42. The van der Waals surface area contributed by atoms with Gasteiger partial charge >= 0.3 is 6.09 Å². The van der Waals surface area contributed by atoms with Crippen molar-refractivity contribution in [2.75, 3.05) is 56.3 Å². The van der Waals surface area contributed by atoms with Crippen LogP contribution in [0.2, 0.25) is 0 Å². The van der Waals surface area contributed by atoms with Crippen LogP contribution in [0.15, 0.2) is 0 Å². The molecule has 3 aliphatic rings. The fraction of sp³-hybridized carbons (Fsp3) is 0.750. The van der Waals surface area contributed by atoms with E-state index < -0.39 is 17.8 Å². The number of carboxylic acid groups (broad SMARTS) is 1. The molecule has 36 heavy (non-hydrogen) atoms. The van der Waals surface area contributed by atoms with Crippen molar-refractivity contribution >= 4 is 23.6 Å². The molecule has 0 spiro atoms. The van der Waals surface area contributed by atoms with Crippen LogP contribution in [0.1, 0.15) is 50.8 Å². The molecule has 3 fully saturated rings. The van der Waals surface area contributed by atoms with Gasteiger partial charge in [0, 0.05) is 38.8 Å². The Morgan fingerprint density at radius 2 is 1.89 bits per heavy atom. The van der Waals surface area contributed by atoms with Crippen LogP contribution in [0.5, 0.6) is 0 Å². The van der Waals surface area contributed by atoms with Crippen molar-refractivity contribution in [1.29, 1.82) is 0 Å². The number of amides is 2. The number of aromatic nitrogens is 2. The quantitative estimate of drug-likeness (QED) is 0.352. The van der Waals surface area contributed by atoms with Crippen LogP contribution < -0.4 is 21.1 Å². The predicted molar refractivity (Wildman–Crippen MR) is 132 cm³/mol. The van der Waals surface area contributed by atoms with Crippen LogP contribution in [0.3, 0.4) is 0 Å². The van der Waals surface area contributed by atoms with E-state index in [0.717, 1.165) is 58.2 Å². The smallest absolute Gasteiger partial charge is 0.404 e. The van der Waals surface area contributed by atoms with E-state index in [1.54, 1.807) is 6.92 Å². The molecule has 2 atom stereocenters. The lowest BCUT2D eigenvalue weighted by Crippen LogP contribution is -2.45. The highest BCUT2D eigenvalue weighted by molar-refractivity contribution is 5.80. The molecule has 0 aromatic carbocycles. The second-order valence-corrected chi connectivity index (χ2v) is 10.0. The molecule has 200 valence electrons. The van der Waals surface area contributed by atoms with Gasteiger partial charge in [-0.25, -0.2) is 14.8 Å². The minimum Gasteiger partial charge on any atom is -0.465 e. The summed E-state index contributed by atoms with van der Waals surface area (Å²) in [6, 6.07) is 0.146. The number of aryl methyl sites for hydroxylation is 1. The molecule has 0 bridgehead atoms. The summed E-state index contributed by atoms with van der Waals surface area (Å²) in [5.41, 5.74) is 5.22. The summed E-state index contributed by atoms with van der Waals surface area (Å²) < 4.78 is 21.0. The van der Waals surface area contributed by atoms with Gasteiger partial charge in [0.1, 0.15) is 5.82 Å². The summed E-state index contributed by atoms with van der Waals surface area (Å²) in [6.45, 7) is 6.40. The Kier molecular flexibility index (Phi) is 9.13. The highest BCUT2D eigenvalue weighted by Gasteiger charge is 2.32. The lowest BCUT2D eigenvalue weighted by Gasteiger charge is -2.33. The van der Waals surface area contributed by atoms with Crippen molar-refractivity contribution in [2.24, 2.45) is 11.8 Å². The first-order chi connectivity index (χ1) is 17.4. The summed E-state index contributed by atoms with van der Waals surface area (Å²) in [5, 5.41) is 11.3. The molecule has 4 rings (SSSR count). The third-order valence-corrected chi connectivity index (χ3v) is 7.43. The average Bonchev–Trinajstić information content (AvgIpc) is 3.54. The first-order valence-electron chi connectivity index (χ1n) is 13.0. The number of hydrogen-bond acceptors (Lipinski definition) is 8. The van der Waals surface area contributed by atoms with Crippen molar-refractivity contribution in [3.05, 3.63) is 11.6 Å². The zero-order valence-corrected chi connectivity index (χ0v) is 21.0. The van der Waals surface area contributed by atoms with Crippen molar-refractivity contribution in [1.82, 2.24) is 25.6 Å². The van der Waals surface area contributed by atoms with Gasteiger partial charge in [0.2, 0.25) is 11.7 Å². The monoisotopic (exact) mass is 507 g/mol. The topological polar surface area (TPSA) is 132 Å². The molecule has 2 amide bonds. The van der Waals surface area contributed by atoms with Gasteiger partial charge in [-0.2, -0.15) is 4.39 Å². The molecule has 12 heteroatoms. The normalized spacial score (nSPS) is 21.9. The number of rotatable bonds is 10. The van der Waals surface area contributed by atoms with Crippen LogP contribution in [0.4, 0.5) is 20.8 Å². The van der Waals surface area contributed by atoms with Gasteiger partial charge in [0.15, 0.2) is 11.6 Å². The van der Waals surface area contributed by atoms with Gasteiger partial charge in [-0.3, -0.25) is 20.5 Å². The maximum absolute atomic E-state index is 15.6. The van der Waals surface area contributed by atoms with E-state index in [4.69, 9.17) is 9.84 Å². The molecule has 2 aliphatic heterocycles. The lowest BCUT2D eigenvalue weighted by molar-refractivity contribution is -0.124. The number of anilines is 2. The molecule has 1 aromatic rings. The van der Waals surface area contributed by atoms with E-state index in [0.29, 0.717) is 37.9 Å². The van der Waals surface area contributed by atoms with Gasteiger partial charge in [-0.1, -0.05) is 25.7 Å². The maximum atomic E-state index is 15.6. The Morgan fingerprint density at radius 3 is 2.61 bits per heavy atom. The maximum Gasteiger partial charge on any atom is 0.404 e. The van der Waals surface area contributed by atoms with E-state index in [9.17, 15) is 9.59 Å². The van der Waals surface area contributed by atoms with E-state index in [-0.39, 0.29) is 30.1 Å². The third kappa shape index (κ3) is 6.94. The Labute approximate surface area is 211 Å². The summed E-state index contributed by atoms with van der Waals surface area (Å²) in [4.78, 5) is 36.9. The van der Waals surface area contributed by atoms with Gasteiger partial charge in [-0.15, -0.1) is 0 Å². The van der Waals surface area contributed by atoms with Crippen molar-refractivity contribution in [3.63, 3.8) is 0 Å². The largest absolute Gasteiger partial charge is 0.465 e. The molecule has 0 unspecified atom stereocenters. The number of hydrogen-bond donors (Lipinski definition) is 4. The molecule has 1 saturated carbocycles. The first kappa shape index (κ1) is 26.3. The summed E-state index contributed by atoms with van der Waals surface area (Å²) in [5.74, 6) is -0.614. The minimum absolute atomic E-state index is 0.00682. The Morgan fingerprint density at radius 1 is 1.14 bits per heavy atom. The van der Waals surface area contributed by atoms with E-state index in [2.05, 4.69) is 31.0 Å². The zero-order chi connectivity index (χ0) is 25.5. The van der Waals surface area contributed by atoms with Crippen LogP contribution in [0, 0.1) is 24.6 Å². The molecule has 2 saturated heterocycles. The van der Waals surface area contributed by atoms with Crippen LogP contribution in [0.25, 0.3) is 0 Å². The SMILES string of the molecule is Cc1nc(NNC(=O)[C@@H](CNC(=O)O)CC2CCCC2)c(F)c(N2CCC[C@H]2CN2CCOCC2)n1. The van der Waals surface area contributed by atoms with Crippen molar-refractivity contribution in [3.8, 4) is 0 Å². The molecule has 11 nitrogen and oxygen atoms in total. The fourth-order valence-electron chi connectivity index (χ4n) is 5.57. The highest BCUT2D eigenvalue weighted by Crippen LogP contribution is 2.31. The van der Waals surface area contributed by atoms with Crippen LogP contribution in [-0.2, 0) is 9.53 Å². The van der Waals surface area contributed by atoms with Gasteiger partial charge < -0.3 is 20.1 Å². The molecule has 3 heterocycles. The minimum atomic E-state index is -1.17. The lowest BCUT2D eigenvalue weighted by atomic mass is 9.92. The number of carbonyl (C=O) groups excluding carboxylic acids is 1. The van der Waals surface area contributed by atoms with Crippen LogP contribution in [-0.4, -0.2) is 84.0 Å². The van der Waals surface area contributed by atoms with Crippen molar-refractivity contribution < 1.29 is 23.8 Å². The molecular formula is C24H38FN7O4. The summed E-state index contributed by atoms with van der Waals surface area (Å²) in [7, 11) is 0. The molecular weight excluding hydrogens is 469 g/mol. The first-order valence-corrected chi connectivity index (χ1v) is 13.0. The highest BCUT2D eigenvalue weighted by atomic mass is 19.1. The molecule has 1 aromatic heterocycles. The van der Waals surface area contributed by atoms with Gasteiger partial charge in [0.25, 0.3) is 0 Å². The van der Waals surface area contributed by atoms with Crippen molar-refractivity contribution in [2.45, 2.75) is 57.9 Å². The Hall–Kier alpha value is -2.73. The predicted octanol–water partition coefficient (Wildman–Crippen LogP) is 2.13. The number of carbonyl (C=O) groups is 2. The second kappa shape index (κ2) is 12.5. The standard InChI is InChI=1S/C24H38FN7O4/c1-16-27-21(29-30-23(33)18(14-26-24(34)35)13-17-5-2-3-6-17)20(25)22(28-16)32-8-4-7-19(32)15-31-9-11-36-12-10-31/h17-19,26H,2-15H2,1H3,(H,30,33)(H,34,35)(H,27,28,29)/t18-,19+/m1/s1. The number of halogens is 1. The second-order valence-electron chi connectivity index (χ2n) is 10.0. The van der Waals surface area contributed by atoms with Crippen LogP contribution >= 0.6 is 0 Å². The number of nitrogens with one attached hydrogen (secondary N) is 3. The number of ether oxygens (including phenoxy) is 1. The molecule has 1 aliphatic carbocycles. The average molecular weight is 508 g/mol. The number of nitrogens with zero attached hydrogens (tertiary/aromatic N) is 4. The summed E-state index contributed by atoms with van der Waals surface area (Å²) in [6.07, 6.45) is 5.65. The Bertz CT molecular complexity index is 909. The number of hydrazine groups is 1. The molecule has 0 radical (unpaired) electrons. The van der Waals surface area contributed by atoms with Gasteiger partial charge in [0.05, 0.1) is 19.1 Å². The van der Waals surface area contributed by atoms with E-state index in [1.165, 1.54) is 0 Å². The third-order valence-electron chi connectivity index (χ3n) is 7.43. The van der Waals surface area contributed by atoms with Gasteiger partial charge in [-0.05, 0) is 32.1 Å². The van der Waals surface area contributed by atoms with E-state index >= 15 is 4.39 Å². The zero-order valence-electron chi connectivity index (χ0n) is 21.0. The fourth-order valence-corrected chi connectivity index (χ4v) is 5.57. The van der Waals surface area contributed by atoms with E-state index in [1.807, 2.05) is 4.90 Å². The molecule has 4 N–H and O–H groups in total.